The number of carbonyl (C=O) groups excluding carboxylic acids is 2. The monoisotopic (exact) mass is 243 g/mol. The fourth-order valence-electron chi connectivity index (χ4n) is 0.925. The second-order valence-electron chi connectivity index (χ2n) is 3.02. The molecule has 0 aliphatic carbocycles. The smallest absolute Gasteiger partial charge is 0.395 e. The van der Waals surface area contributed by atoms with Crippen molar-refractivity contribution in [2.75, 3.05) is 6.54 Å². The molecule has 9 nitrogen and oxygen atoms in total. The number of nitrogens with one attached hydrogen (secondary N) is 1. The second kappa shape index (κ2) is 5.07. The van der Waals surface area contributed by atoms with Crippen LogP contribution in [0.2, 0.25) is 0 Å². The van der Waals surface area contributed by atoms with Gasteiger partial charge in [0.2, 0.25) is 5.91 Å². The van der Waals surface area contributed by atoms with Crippen LogP contribution < -0.4 is 11.1 Å². The lowest BCUT2D eigenvalue weighted by atomic mass is 10.3. The summed E-state index contributed by atoms with van der Waals surface area (Å²) in [5, 5.41) is 21.4. The van der Waals surface area contributed by atoms with Gasteiger partial charge >= 0.3 is 5.88 Å². The van der Waals surface area contributed by atoms with Crippen LogP contribution in [-0.2, 0) is 4.79 Å². The zero-order valence-corrected chi connectivity index (χ0v) is 8.45. The number of hydrogen-bond donors (Lipinski definition) is 3. The van der Waals surface area contributed by atoms with Crippen molar-refractivity contribution in [2.45, 2.75) is 6.10 Å². The Kier molecular flexibility index (Phi) is 3.78. The minimum absolute atomic E-state index is 0.298. The van der Waals surface area contributed by atoms with E-state index in [1.165, 1.54) is 0 Å². The average Bonchev–Trinajstić information content (AvgIpc) is 2.74. The SMILES string of the molecule is NC(=O)C(O)CNC(=O)c1ccc([N+](=O)[O-])o1. The molecule has 92 valence electrons. The van der Waals surface area contributed by atoms with Crippen LogP contribution in [0.1, 0.15) is 10.6 Å². The van der Waals surface area contributed by atoms with Gasteiger partial charge in [0.25, 0.3) is 5.91 Å². The van der Waals surface area contributed by atoms with E-state index in [1.54, 1.807) is 0 Å². The number of rotatable bonds is 5. The molecule has 2 amide bonds. The number of primary amides is 1. The van der Waals surface area contributed by atoms with Gasteiger partial charge in [0, 0.05) is 0 Å². The van der Waals surface area contributed by atoms with Gasteiger partial charge in [0.15, 0.2) is 5.76 Å². The van der Waals surface area contributed by atoms with Gasteiger partial charge in [-0.05, 0) is 6.07 Å². The molecular weight excluding hydrogens is 234 g/mol. The molecule has 0 aromatic carbocycles. The molecule has 1 atom stereocenters. The summed E-state index contributed by atoms with van der Waals surface area (Å²) in [6.45, 7) is -0.400. The number of nitrogens with two attached hydrogens (primary N) is 1. The van der Waals surface area contributed by atoms with Crippen LogP contribution in [0.15, 0.2) is 16.5 Å². The van der Waals surface area contributed by atoms with E-state index in [1.807, 2.05) is 0 Å². The summed E-state index contributed by atoms with van der Waals surface area (Å²) in [6.07, 6.45) is -1.52. The molecule has 17 heavy (non-hydrogen) atoms. The Morgan fingerprint density at radius 3 is 2.71 bits per heavy atom. The Hall–Kier alpha value is -2.42. The Morgan fingerprint density at radius 1 is 1.59 bits per heavy atom. The largest absolute Gasteiger partial charge is 0.433 e. The molecule has 1 aromatic rings. The molecule has 1 aromatic heterocycles. The maximum atomic E-state index is 11.3. The first-order valence-electron chi connectivity index (χ1n) is 4.41. The first-order valence-corrected chi connectivity index (χ1v) is 4.41. The third-order valence-electron chi connectivity index (χ3n) is 1.78. The van der Waals surface area contributed by atoms with Crippen molar-refractivity contribution in [1.82, 2.24) is 5.32 Å². The van der Waals surface area contributed by atoms with Crippen molar-refractivity contribution in [3.63, 3.8) is 0 Å². The van der Waals surface area contributed by atoms with Crippen molar-refractivity contribution in [2.24, 2.45) is 5.73 Å². The quantitative estimate of drug-likeness (QED) is 0.435. The molecule has 9 heteroatoms. The summed E-state index contributed by atoms with van der Waals surface area (Å²) in [5.41, 5.74) is 4.75. The number of carbonyl (C=O) groups is 2. The number of amides is 2. The van der Waals surface area contributed by atoms with E-state index in [9.17, 15) is 19.7 Å². The lowest BCUT2D eigenvalue weighted by Gasteiger charge is -2.06. The van der Waals surface area contributed by atoms with Crippen molar-refractivity contribution < 1.29 is 24.0 Å². The van der Waals surface area contributed by atoms with Crippen LogP contribution in [0.4, 0.5) is 5.88 Å². The highest BCUT2D eigenvalue weighted by molar-refractivity contribution is 5.92. The summed E-state index contributed by atoms with van der Waals surface area (Å²) < 4.78 is 4.59. The van der Waals surface area contributed by atoms with Crippen molar-refractivity contribution >= 4 is 17.7 Å². The molecule has 0 spiro atoms. The standard InChI is InChI=1S/C8H9N3O6/c9-7(13)4(12)3-10-8(14)5-1-2-6(17-5)11(15)16/h1-2,4,12H,3H2,(H2,9,13)(H,10,14). The van der Waals surface area contributed by atoms with Crippen LogP contribution in [0.25, 0.3) is 0 Å². The molecule has 1 unspecified atom stereocenters. The van der Waals surface area contributed by atoms with E-state index < -0.39 is 35.3 Å². The highest BCUT2D eigenvalue weighted by Gasteiger charge is 2.18. The molecular formula is C8H9N3O6. The molecule has 0 fully saturated rings. The number of aliphatic hydroxyl groups excluding tert-OH is 1. The van der Waals surface area contributed by atoms with E-state index in [0.717, 1.165) is 12.1 Å². The molecule has 4 N–H and O–H groups in total. The Balaban J connectivity index is 2.58. The van der Waals surface area contributed by atoms with Gasteiger partial charge in [0.05, 0.1) is 12.6 Å². The molecule has 0 saturated heterocycles. The topological polar surface area (TPSA) is 149 Å². The minimum atomic E-state index is -1.52. The van der Waals surface area contributed by atoms with Crippen molar-refractivity contribution in [3.05, 3.63) is 28.0 Å². The maximum Gasteiger partial charge on any atom is 0.433 e. The average molecular weight is 243 g/mol. The summed E-state index contributed by atoms with van der Waals surface area (Å²) in [5.74, 6) is -2.66. The Labute approximate surface area is 94.3 Å². The van der Waals surface area contributed by atoms with Crippen molar-refractivity contribution in [1.29, 1.82) is 0 Å². The Morgan fingerprint density at radius 2 is 2.24 bits per heavy atom. The van der Waals surface area contributed by atoms with Crippen LogP contribution in [0.3, 0.4) is 0 Å². The van der Waals surface area contributed by atoms with E-state index in [0.29, 0.717) is 0 Å². The van der Waals surface area contributed by atoms with Gasteiger partial charge in [-0.15, -0.1) is 0 Å². The number of nitrogens with zero attached hydrogens (tertiary/aromatic N) is 1. The summed E-state index contributed by atoms with van der Waals surface area (Å²) >= 11 is 0. The minimum Gasteiger partial charge on any atom is -0.395 e. The number of hydrogen-bond acceptors (Lipinski definition) is 6. The van der Waals surface area contributed by atoms with Gasteiger partial charge in [-0.25, -0.2) is 0 Å². The normalized spacial score (nSPS) is 11.8. The molecule has 1 rings (SSSR count). The second-order valence-corrected chi connectivity index (χ2v) is 3.02. The van der Waals surface area contributed by atoms with Crippen LogP contribution >= 0.6 is 0 Å². The highest BCUT2D eigenvalue weighted by Crippen LogP contribution is 2.15. The molecule has 0 bridgehead atoms. The van der Waals surface area contributed by atoms with E-state index in [4.69, 9.17) is 10.8 Å². The molecule has 0 radical (unpaired) electrons. The molecule has 0 aliphatic rings. The zero-order chi connectivity index (χ0) is 13.0. The summed E-state index contributed by atoms with van der Waals surface area (Å²) in [6, 6.07) is 2.11. The fourth-order valence-corrected chi connectivity index (χ4v) is 0.925. The third-order valence-corrected chi connectivity index (χ3v) is 1.78. The van der Waals surface area contributed by atoms with Gasteiger partial charge < -0.3 is 20.6 Å². The highest BCUT2D eigenvalue weighted by atomic mass is 16.6. The maximum absolute atomic E-state index is 11.3. The van der Waals surface area contributed by atoms with Gasteiger partial charge in [-0.2, -0.15) is 0 Å². The van der Waals surface area contributed by atoms with Crippen LogP contribution in [0.5, 0.6) is 0 Å². The number of aliphatic hydroxyl groups is 1. The predicted molar refractivity (Wildman–Crippen MR) is 52.9 cm³/mol. The summed E-state index contributed by atoms with van der Waals surface area (Å²) in [7, 11) is 0. The lowest BCUT2D eigenvalue weighted by Crippen LogP contribution is -2.39. The first-order chi connectivity index (χ1) is 7.91. The van der Waals surface area contributed by atoms with E-state index in [-0.39, 0.29) is 5.76 Å². The van der Waals surface area contributed by atoms with Gasteiger partial charge in [-0.3, -0.25) is 19.7 Å². The molecule has 0 saturated carbocycles. The number of furan rings is 1. The molecule has 1 heterocycles. The zero-order valence-electron chi connectivity index (χ0n) is 8.45. The fraction of sp³-hybridized carbons (Fsp3) is 0.250. The van der Waals surface area contributed by atoms with Crippen LogP contribution in [0, 0.1) is 10.1 Å². The van der Waals surface area contributed by atoms with Gasteiger partial charge in [-0.1, -0.05) is 0 Å². The number of nitro groups is 1. The van der Waals surface area contributed by atoms with Gasteiger partial charge in [0.1, 0.15) is 11.0 Å². The summed E-state index contributed by atoms with van der Waals surface area (Å²) in [4.78, 5) is 31.2. The lowest BCUT2D eigenvalue weighted by molar-refractivity contribution is -0.402. The van der Waals surface area contributed by atoms with E-state index in [2.05, 4.69) is 9.73 Å². The van der Waals surface area contributed by atoms with Crippen LogP contribution in [-0.4, -0.2) is 34.5 Å². The first kappa shape index (κ1) is 12.6. The predicted octanol–water partition coefficient (Wildman–Crippen LogP) is -1.24. The van der Waals surface area contributed by atoms with Crippen molar-refractivity contribution in [3.8, 4) is 0 Å². The Bertz CT molecular complexity index is 454. The third kappa shape index (κ3) is 3.28. The van der Waals surface area contributed by atoms with E-state index >= 15 is 0 Å². The molecule has 0 aliphatic heterocycles.